The molecule has 0 unspecified atom stereocenters. The molecule has 0 bridgehead atoms. The van der Waals surface area contributed by atoms with Gasteiger partial charge in [0.2, 0.25) is 0 Å². The molecule has 0 N–H and O–H groups in total. The Hall–Kier alpha value is -15.9. The van der Waals surface area contributed by atoms with Gasteiger partial charge < -0.3 is 8.83 Å². The molecule has 8 nitrogen and oxygen atoms in total. The second kappa shape index (κ2) is 27.3. The van der Waals surface area contributed by atoms with Crippen molar-refractivity contribution < 1.29 is 8.83 Å². The van der Waals surface area contributed by atoms with Crippen molar-refractivity contribution in [2.45, 2.75) is 38.5 Å². The Morgan fingerprint density at radius 2 is 0.556 bits per heavy atom. The van der Waals surface area contributed by atoms with E-state index in [0.717, 1.165) is 127 Å². The Morgan fingerprint density at radius 3 is 1.17 bits per heavy atom. The van der Waals surface area contributed by atoms with E-state index in [0.29, 0.717) is 34.9 Å². The molecule has 23 aromatic rings. The van der Waals surface area contributed by atoms with Crippen LogP contribution in [0.3, 0.4) is 0 Å². The molecule has 8 heteroatoms. The first-order valence-electron chi connectivity index (χ1n) is 42.5. The molecule has 0 radical (unpaired) electrons. The number of aromatic nitrogens is 6. The Balaban J connectivity index is 0.598. The van der Waals surface area contributed by atoms with E-state index < -0.39 is 0 Å². The highest BCUT2D eigenvalue weighted by atomic mass is 16.3. The summed E-state index contributed by atoms with van der Waals surface area (Å²) in [6, 6.07) is 136. The maximum atomic E-state index is 6.81. The van der Waals surface area contributed by atoms with E-state index >= 15 is 0 Å². The van der Waals surface area contributed by atoms with Crippen LogP contribution in [0.15, 0.2) is 385 Å². The predicted molar refractivity (Wildman–Crippen MR) is 510 cm³/mol. The van der Waals surface area contributed by atoms with Crippen molar-refractivity contribution in [2.24, 2.45) is 0 Å². The second-order valence-corrected chi connectivity index (χ2v) is 34.3. The van der Waals surface area contributed by atoms with Gasteiger partial charge in [0.25, 0.3) is 0 Å². The number of rotatable bonds is 11. The van der Waals surface area contributed by atoms with Crippen LogP contribution in [0.5, 0.6) is 0 Å². The molecule has 0 amide bonds. The normalized spacial score (nSPS) is 13.1. The summed E-state index contributed by atoms with van der Waals surface area (Å²) in [4.78, 5) is 32.6. The minimum atomic E-state index is -0.376. The van der Waals surface area contributed by atoms with E-state index in [-0.39, 0.29) is 10.8 Å². The molecule has 0 fully saturated rings. The summed E-state index contributed by atoms with van der Waals surface area (Å²) in [5.41, 5.74) is 28.8. The first kappa shape index (κ1) is 71.1. The molecule has 2 aliphatic rings. The van der Waals surface area contributed by atoms with Crippen LogP contribution < -0.4 is 0 Å². The van der Waals surface area contributed by atoms with Gasteiger partial charge in [0.05, 0.1) is 0 Å². The van der Waals surface area contributed by atoms with Crippen LogP contribution >= 0.6 is 0 Å². The van der Waals surface area contributed by atoms with Crippen molar-refractivity contribution >= 4 is 97.7 Å². The minimum absolute atomic E-state index is 0.224. The van der Waals surface area contributed by atoms with Crippen LogP contribution in [0.4, 0.5) is 0 Å². The second-order valence-electron chi connectivity index (χ2n) is 34.3. The van der Waals surface area contributed by atoms with Crippen LogP contribution in [-0.2, 0) is 10.8 Å². The predicted octanol–water partition coefficient (Wildman–Crippen LogP) is 30.6. The number of hydrogen-bond donors (Lipinski definition) is 0. The SMILES string of the molecule is CC1(C)c2ccccc2-c2ccc(-c3cc(-c4ccc5c(c4)-c4cccc(-c6ccc(-c7nc(-c8ccccc8)nc(-c8cccc9oc%10ccc(-c%11ccc%12ccc%13ccccc%13c%12c%11)cc%10c89)n7)cc6)c4C5(C)C)cc(-c4nc(-c5ccccc5)nc(-c5cccc6oc7ccc(-c8ccc9c%10ccccc%10c%10ccccc%10c9c8)cc7c56)n4)c3)cc21. The summed E-state index contributed by atoms with van der Waals surface area (Å²) in [7, 11) is 0. The quantitative estimate of drug-likeness (QED) is 0.118. The zero-order chi connectivity index (χ0) is 82.2. The van der Waals surface area contributed by atoms with Crippen LogP contribution in [0, 0.1) is 0 Å². The van der Waals surface area contributed by atoms with Gasteiger partial charge in [-0.1, -0.05) is 325 Å². The number of fused-ring (bicyclic) bond motifs is 21. The van der Waals surface area contributed by atoms with Crippen molar-refractivity contribution in [1.29, 1.82) is 0 Å². The average Bonchev–Trinajstić information content (AvgIpc) is 1.56. The molecule has 2 aliphatic carbocycles. The van der Waals surface area contributed by atoms with Crippen LogP contribution in [0.25, 0.3) is 244 Å². The van der Waals surface area contributed by atoms with Crippen molar-refractivity contribution in [3.8, 4) is 146 Å². The van der Waals surface area contributed by atoms with Gasteiger partial charge in [-0.3, -0.25) is 0 Å². The molecule has 0 aliphatic heterocycles. The van der Waals surface area contributed by atoms with E-state index in [1.54, 1.807) is 0 Å². The maximum Gasteiger partial charge on any atom is 0.164 e. The van der Waals surface area contributed by atoms with E-state index in [1.807, 2.05) is 54.6 Å². The lowest BCUT2D eigenvalue weighted by atomic mass is 9.78. The van der Waals surface area contributed by atoms with Gasteiger partial charge in [0.15, 0.2) is 34.9 Å². The topological polar surface area (TPSA) is 104 Å². The minimum Gasteiger partial charge on any atom is -0.456 e. The summed E-state index contributed by atoms with van der Waals surface area (Å²) >= 11 is 0. The maximum absolute atomic E-state index is 6.81. The van der Waals surface area contributed by atoms with E-state index in [2.05, 4.69) is 349 Å². The molecule has 0 atom stereocenters. The van der Waals surface area contributed by atoms with Crippen molar-refractivity contribution in [3.63, 3.8) is 0 Å². The monoisotopic (exact) mass is 1580 g/mol. The smallest absolute Gasteiger partial charge is 0.164 e. The molecule has 580 valence electrons. The fourth-order valence-electron chi connectivity index (χ4n) is 20.4. The van der Waals surface area contributed by atoms with Crippen molar-refractivity contribution in [1.82, 2.24) is 29.9 Å². The number of benzene rings is 19. The standard InChI is InChI=1S/C116H74N6O2/c1-115(2)99-37-18-17-32-89(99)90-54-49-78(66-101(90)115)80-58-79(59-81(60-80)112-118-110(71-25-9-6-10-26-71)120-114(122-112)93-36-21-39-105-107(93)98-65-76(52-57-103(98)124-105)74-48-53-88-86-30-14-13-28-84(86)85-29-15-16-31-87(85)95(88)62-74)77-50-55-100-96(63-77)91-34-19-33-83(108(91)116(100,3)4)68-42-45-72(46-43-68)111-117-109(70-23-7-5-8-24-70)119-113(121-111)92-35-20-38-104-106(92)97-64-75(51-56-102(97)123-104)73-47-44-69-41-40-67-22-11-12-27-82(67)94(69)61-73/h5-66H,1-4H3. The third-order valence-corrected chi connectivity index (χ3v) is 26.5. The highest BCUT2D eigenvalue weighted by molar-refractivity contribution is 6.26. The van der Waals surface area contributed by atoms with Crippen molar-refractivity contribution in [2.75, 3.05) is 0 Å². The highest BCUT2D eigenvalue weighted by Crippen LogP contribution is 2.55. The van der Waals surface area contributed by atoms with Crippen LogP contribution in [-0.4, -0.2) is 29.9 Å². The van der Waals surface area contributed by atoms with E-state index in [4.69, 9.17) is 38.7 Å². The summed E-state index contributed by atoms with van der Waals surface area (Å²) in [5.74, 6) is 3.39. The summed E-state index contributed by atoms with van der Waals surface area (Å²) in [6.07, 6.45) is 0. The highest BCUT2D eigenvalue weighted by Gasteiger charge is 2.39. The van der Waals surface area contributed by atoms with E-state index in [1.165, 1.54) is 104 Å². The molecule has 0 saturated heterocycles. The van der Waals surface area contributed by atoms with Gasteiger partial charge in [0, 0.05) is 65.8 Å². The number of nitrogens with zero attached hydrogens (tertiary/aromatic N) is 6. The molecule has 19 aromatic carbocycles. The number of hydrogen-bond acceptors (Lipinski definition) is 8. The molecule has 124 heavy (non-hydrogen) atoms. The van der Waals surface area contributed by atoms with Gasteiger partial charge in [-0.25, -0.2) is 29.9 Å². The average molecular weight is 1580 g/mol. The van der Waals surface area contributed by atoms with Crippen LogP contribution in [0.2, 0.25) is 0 Å². The fourth-order valence-corrected chi connectivity index (χ4v) is 20.4. The lowest BCUT2D eigenvalue weighted by Gasteiger charge is -2.24. The zero-order valence-electron chi connectivity index (χ0n) is 68.3. The first-order valence-corrected chi connectivity index (χ1v) is 42.5. The largest absolute Gasteiger partial charge is 0.456 e. The number of furan rings is 2. The lowest BCUT2D eigenvalue weighted by Crippen LogP contribution is -2.16. The molecule has 4 aromatic heterocycles. The first-order chi connectivity index (χ1) is 60.9. The van der Waals surface area contributed by atoms with Gasteiger partial charge >= 0.3 is 0 Å². The summed E-state index contributed by atoms with van der Waals surface area (Å²) in [6.45, 7) is 9.45. The summed E-state index contributed by atoms with van der Waals surface area (Å²) in [5, 5.41) is 16.2. The molecule has 0 spiro atoms. The van der Waals surface area contributed by atoms with Gasteiger partial charge in [-0.2, -0.15) is 0 Å². The molecular weight excluding hydrogens is 1510 g/mol. The van der Waals surface area contributed by atoms with Crippen molar-refractivity contribution in [3.05, 3.63) is 398 Å². The van der Waals surface area contributed by atoms with Crippen LogP contribution in [0.1, 0.15) is 49.9 Å². The Kier molecular flexibility index (Phi) is 15.7. The Bertz CT molecular complexity index is 8450. The van der Waals surface area contributed by atoms with Gasteiger partial charge in [-0.15, -0.1) is 0 Å². The van der Waals surface area contributed by atoms with E-state index in [9.17, 15) is 0 Å². The molecule has 25 rings (SSSR count). The third-order valence-electron chi connectivity index (χ3n) is 26.5. The molecule has 0 saturated carbocycles. The zero-order valence-corrected chi connectivity index (χ0v) is 68.3. The lowest BCUT2D eigenvalue weighted by molar-refractivity contribution is 0.660. The molecule has 4 heterocycles. The van der Waals surface area contributed by atoms with Gasteiger partial charge in [-0.05, 0) is 233 Å². The Labute approximate surface area is 714 Å². The molecular formula is C116H74N6O2. The fraction of sp³-hybridized carbons (Fsp3) is 0.0517. The van der Waals surface area contributed by atoms with Gasteiger partial charge in [0.1, 0.15) is 22.3 Å². The third kappa shape index (κ3) is 11.2. The summed E-state index contributed by atoms with van der Waals surface area (Å²) < 4.78 is 13.5. The Morgan fingerprint density at radius 1 is 0.177 bits per heavy atom.